The molecule has 0 bridgehead atoms. The van der Waals surface area contributed by atoms with Crippen LogP contribution >= 0.6 is 0 Å². The van der Waals surface area contributed by atoms with Crippen LogP contribution in [0.2, 0.25) is 0 Å². The molecular weight excluding hydrogens is 323 g/mol. The highest BCUT2D eigenvalue weighted by molar-refractivity contribution is 5.76. The van der Waals surface area contributed by atoms with Crippen molar-refractivity contribution in [3.8, 4) is 11.3 Å². The van der Waals surface area contributed by atoms with Gasteiger partial charge in [0.05, 0.1) is 18.1 Å². The molecule has 2 heterocycles. The molecule has 0 saturated carbocycles. The number of nitrogens with one attached hydrogen (secondary N) is 1. The van der Waals surface area contributed by atoms with Gasteiger partial charge in [0.15, 0.2) is 11.7 Å². The zero-order chi connectivity index (χ0) is 17.5. The first-order valence-corrected chi connectivity index (χ1v) is 8.14. The average molecular weight is 342 g/mol. The molecule has 0 unspecified atom stereocenters. The molecule has 25 heavy (non-hydrogen) atoms. The predicted molar refractivity (Wildman–Crippen MR) is 90.1 cm³/mol. The number of imidazole rings is 1. The minimum absolute atomic E-state index is 0.0590. The van der Waals surface area contributed by atoms with Gasteiger partial charge in [-0.3, -0.25) is 4.79 Å². The van der Waals surface area contributed by atoms with E-state index < -0.39 is 0 Å². The van der Waals surface area contributed by atoms with Gasteiger partial charge in [0.1, 0.15) is 5.82 Å². The lowest BCUT2D eigenvalue weighted by molar-refractivity contribution is -0.121. The van der Waals surface area contributed by atoms with Crippen LogP contribution < -0.4 is 5.32 Å². The number of nitrogens with zero attached hydrogens (tertiary/aromatic N) is 3. The number of hydrogen-bond acceptors (Lipinski definition) is 4. The molecule has 130 valence electrons. The normalized spacial score (nSPS) is 10.8. The number of halogens is 1. The standard InChI is InChI=1S/C18H19FN4O2/c19-15-5-2-1-4-14(15)16-12-22-18(25-16)7-6-17(24)21-8-3-10-23-11-9-20-13-23/h1-2,4-5,9,11-13H,3,6-8,10H2,(H,21,24). The second-order valence-electron chi connectivity index (χ2n) is 5.60. The fourth-order valence-corrected chi connectivity index (χ4v) is 2.43. The van der Waals surface area contributed by atoms with Crippen molar-refractivity contribution in [3.05, 3.63) is 60.9 Å². The smallest absolute Gasteiger partial charge is 0.220 e. The molecule has 0 radical (unpaired) electrons. The lowest BCUT2D eigenvalue weighted by atomic mass is 10.2. The summed E-state index contributed by atoms with van der Waals surface area (Å²) in [5.74, 6) is 0.373. The molecule has 2 aromatic heterocycles. The third-order valence-corrected chi connectivity index (χ3v) is 3.73. The number of aromatic nitrogens is 3. The maximum atomic E-state index is 13.7. The van der Waals surface area contributed by atoms with E-state index in [1.54, 1.807) is 30.7 Å². The lowest BCUT2D eigenvalue weighted by Gasteiger charge is -2.05. The van der Waals surface area contributed by atoms with Gasteiger partial charge in [-0.25, -0.2) is 14.4 Å². The minimum atomic E-state index is -0.360. The van der Waals surface area contributed by atoms with E-state index in [2.05, 4.69) is 15.3 Å². The van der Waals surface area contributed by atoms with Crippen LogP contribution in [0.15, 0.2) is 53.6 Å². The van der Waals surface area contributed by atoms with E-state index in [4.69, 9.17) is 4.42 Å². The molecule has 7 heteroatoms. The van der Waals surface area contributed by atoms with Crippen molar-refractivity contribution >= 4 is 5.91 Å². The highest BCUT2D eigenvalue weighted by Crippen LogP contribution is 2.23. The number of oxazole rings is 1. The van der Waals surface area contributed by atoms with Crippen molar-refractivity contribution in [2.75, 3.05) is 6.54 Å². The van der Waals surface area contributed by atoms with Gasteiger partial charge in [0.25, 0.3) is 0 Å². The summed E-state index contributed by atoms with van der Waals surface area (Å²) in [6.45, 7) is 1.41. The maximum absolute atomic E-state index is 13.7. The van der Waals surface area contributed by atoms with Gasteiger partial charge in [-0.05, 0) is 18.6 Å². The maximum Gasteiger partial charge on any atom is 0.220 e. The molecule has 6 nitrogen and oxygen atoms in total. The quantitative estimate of drug-likeness (QED) is 0.639. The van der Waals surface area contributed by atoms with Gasteiger partial charge in [-0.1, -0.05) is 12.1 Å². The Morgan fingerprint density at radius 2 is 2.20 bits per heavy atom. The van der Waals surface area contributed by atoms with Crippen molar-refractivity contribution in [1.29, 1.82) is 0 Å². The van der Waals surface area contributed by atoms with Crippen LogP contribution in [-0.4, -0.2) is 27.0 Å². The summed E-state index contributed by atoms with van der Waals surface area (Å²) in [4.78, 5) is 19.9. The van der Waals surface area contributed by atoms with Gasteiger partial charge in [0.2, 0.25) is 5.91 Å². The number of carbonyl (C=O) groups excluding carboxylic acids is 1. The Bertz CT molecular complexity index is 814. The third-order valence-electron chi connectivity index (χ3n) is 3.73. The van der Waals surface area contributed by atoms with E-state index in [9.17, 15) is 9.18 Å². The van der Waals surface area contributed by atoms with Crippen LogP contribution in [-0.2, 0) is 17.8 Å². The Hall–Kier alpha value is -2.96. The first kappa shape index (κ1) is 16.9. The van der Waals surface area contributed by atoms with Crippen LogP contribution in [0, 0.1) is 5.82 Å². The fourth-order valence-electron chi connectivity index (χ4n) is 2.43. The number of benzene rings is 1. The molecule has 0 aliphatic heterocycles. The Morgan fingerprint density at radius 3 is 3.00 bits per heavy atom. The van der Waals surface area contributed by atoms with Gasteiger partial charge >= 0.3 is 0 Å². The molecule has 3 rings (SSSR count). The Balaban J connectivity index is 1.41. The summed E-state index contributed by atoms with van der Waals surface area (Å²) in [5, 5.41) is 2.86. The van der Waals surface area contributed by atoms with Gasteiger partial charge < -0.3 is 14.3 Å². The van der Waals surface area contributed by atoms with E-state index in [-0.39, 0.29) is 18.1 Å². The summed E-state index contributed by atoms with van der Waals surface area (Å²) in [7, 11) is 0. The molecular formula is C18H19FN4O2. The number of aryl methyl sites for hydroxylation is 2. The third kappa shape index (κ3) is 4.76. The summed E-state index contributed by atoms with van der Waals surface area (Å²) in [6, 6.07) is 6.35. The summed E-state index contributed by atoms with van der Waals surface area (Å²) in [6.07, 6.45) is 8.33. The molecule has 1 N–H and O–H groups in total. The topological polar surface area (TPSA) is 73.0 Å². The van der Waals surface area contributed by atoms with Crippen molar-refractivity contribution < 1.29 is 13.6 Å². The SMILES string of the molecule is O=C(CCc1ncc(-c2ccccc2F)o1)NCCCn1ccnc1. The largest absolute Gasteiger partial charge is 0.441 e. The van der Waals surface area contributed by atoms with Crippen LogP contribution in [0.1, 0.15) is 18.7 Å². The van der Waals surface area contributed by atoms with Crippen molar-refractivity contribution in [1.82, 2.24) is 19.9 Å². The zero-order valence-electron chi connectivity index (χ0n) is 13.7. The minimum Gasteiger partial charge on any atom is -0.441 e. The highest BCUT2D eigenvalue weighted by atomic mass is 19.1. The lowest BCUT2D eigenvalue weighted by Crippen LogP contribution is -2.25. The monoisotopic (exact) mass is 342 g/mol. The van der Waals surface area contributed by atoms with Crippen molar-refractivity contribution in [2.45, 2.75) is 25.8 Å². The molecule has 0 saturated heterocycles. The van der Waals surface area contributed by atoms with E-state index in [0.717, 1.165) is 13.0 Å². The summed E-state index contributed by atoms with van der Waals surface area (Å²) >= 11 is 0. The molecule has 1 amide bonds. The molecule has 1 aromatic carbocycles. The Labute approximate surface area is 144 Å². The van der Waals surface area contributed by atoms with E-state index >= 15 is 0 Å². The fraction of sp³-hybridized carbons (Fsp3) is 0.278. The highest BCUT2D eigenvalue weighted by Gasteiger charge is 2.11. The first-order chi connectivity index (χ1) is 12.2. The summed E-state index contributed by atoms with van der Waals surface area (Å²) in [5.41, 5.74) is 0.366. The van der Waals surface area contributed by atoms with Crippen molar-refractivity contribution in [2.24, 2.45) is 0 Å². The zero-order valence-corrected chi connectivity index (χ0v) is 13.7. The van der Waals surface area contributed by atoms with Crippen LogP contribution in [0.3, 0.4) is 0 Å². The van der Waals surface area contributed by atoms with Crippen LogP contribution in [0.5, 0.6) is 0 Å². The Morgan fingerprint density at radius 1 is 1.32 bits per heavy atom. The van der Waals surface area contributed by atoms with Crippen molar-refractivity contribution in [3.63, 3.8) is 0 Å². The van der Waals surface area contributed by atoms with Crippen LogP contribution in [0.25, 0.3) is 11.3 Å². The molecule has 0 atom stereocenters. The van der Waals surface area contributed by atoms with E-state index in [0.29, 0.717) is 30.2 Å². The number of hydrogen-bond donors (Lipinski definition) is 1. The van der Waals surface area contributed by atoms with Gasteiger partial charge in [0, 0.05) is 38.3 Å². The van der Waals surface area contributed by atoms with Gasteiger partial charge in [-0.15, -0.1) is 0 Å². The molecule has 0 spiro atoms. The van der Waals surface area contributed by atoms with Gasteiger partial charge in [-0.2, -0.15) is 0 Å². The molecule has 0 aliphatic carbocycles. The number of amides is 1. The van der Waals surface area contributed by atoms with Crippen LogP contribution in [0.4, 0.5) is 4.39 Å². The summed E-state index contributed by atoms with van der Waals surface area (Å²) < 4.78 is 21.2. The second-order valence-corrected chi connectivity index (χ2v) is 5.60. The molecule has 0 fully saturated rings. The van der Waals surface area contributed by atoms with E-state index in [1.807, 2.05) is 10.8 Å². The predicted octanol–water partition coefficient (Wildman–Crippen LogP) is 2.82. The first-order valence-electron chi connectivity index (χ1n) is 8.14. The average Bonchev–Trinajstić information content (AvgIpc) is 3.29. The number of carbonyl (C=O) groups is 1. The number of rotatable bonds is 8. The van der Waals surface area contributed by atoms with E-state index in [1.165, 1.54) is 12.3 Å². The Kier molecular flexibility index (Phi) is 5.56. The molecule has 3 aromatic rings. The molecule has 0 aliphatic rings. The second kappa shape index (κ2) is 8.23.